The topological polar surface area (TPSA) is 64.3 Å². The molecule has 3 atom stereocenters. The number of hydrogen-bond acceptors (Lipinski definition) is 3. The lowest BCUT2D eigenvalue weighted by atomic mass is 9.94. The lowest BCUT2D eigenvalue weighted by Crippen LogP contribution is -2.44. The molecule has 0 spiro atoms. The molecule has 1 unspecified atom stereocenters. The molecule has 0 saturated heterocycles. The third-order valence-electron chi connectivity index (χ3n) is 4.18. The third kappa shape index (κ3) is 3.85. The summed E-state index contributed by atoms with van der Waals surface area (Å²) >= 11 is 0. The lowest BCUT2D eigenvalue weighted by molar-refractivity contribution is 0.0476. The van der Waals surface area contributed by atoms with Crippen molar-refractivity contribution in [2.45, 2.75) is 60.1 Å². The van der Waals surface area contributed by atoms with Gasteiger partial charge in [-0.05, 0) is 50.5 Å². The van der Waals surface area contributed by atoms with Crippen molar-refractivity contribution in [1.29, 1.82) is 0 Å². The number of alkyl carbamates (subject to hydrolysis) is 1. The molecule has 4 nitrogen and oxygen atoms in total. The van der Waals surface area contributed by atoms with Crippen molar-refractivity contribution in [1.82, 2.24) is 5.32 Å². The van der Waals surface area contributed by atoms with E-state index < -0.39 is 5.60 Å². The summed E-state index contributed by atoms with van der Waals surface area (Å²) in [6, 6.07) is 0.124. The zero-order valence-electron chi connectivity index (χ0n) is 13.4. The molecule has 0 heterocycles. The van der Waals surface area contributed by atoms with Crippen LogP contribution in [0.15, 0.2) is 0 Å². The number of hydrogen-bond donors (Lipinski definition) is 2. The molecule has 1 aliphatic carbocycles. The van der Waals surface area contributed by atoms with Crippen LogP contribution in [0.3, 0.4) is 0 Å². The summed E-state index contributed by atoms with van der Waals surface area (Å²) in [6.07, 6.45) is -0.329. The van der Waals surface area contributed by atoms with E-state index in [-0.39, 0.29) is 17.6 Å². The number of rotatable bonds is 4. The second kappa shape index (κ2) is 5.31. The summed E-state index contributed by atoms with van der Waals surface area (Å²) in [7, 11) is 0. The molecule has 1 fully saturated rings. The van der Waals surface area contributed by atoms with Crippen LogP contribution >= 0.6 is 0 Å². The van der Waals surface area contributed by atoms with Gasteiger partial charge in [0.15, 0.2) is 0 Å². The summed E-state index contributed by atoms with van der Waals surface area (Å²) in [6.45, 7) is 15.0. The highest BCUT2D eigenvalue weighted by atomic mass is 16.6. The predicted octanol–water partition coefficient (Wildman–Crippen LogP) is 2.77. The van der Waals surface area contributed by atoms with Crippen LogP contribution < -0.4 is 11.1 Å². The Bertz CT molecular complexity index is 332. The molecule has 0 aromatic carbocycles. The number of carbonyl (C=O) groups is 1. The van der Waals surface area contributed by atoms with Crippen LogP contribution in [0.1, 0.15) is 48.5 Å². The van der Waals surface area contributed by atoms with Crippen LogP contribution in [0, 0.1) is 23.2 Å². The van der Waals surface area contributed by atoms with E-state index in [9.17, 15) is 4.79 Å². The van der Waals surface area contributed by atoms with Gasteiger partial charge in [-0.3, -0.25) is 0 Å². The summed E-state index contributed by atoms with van der Waals surface area (Å²) in [4.78, 5) is 11.9. The van der Waals surface area contributed by atoms with Gasteiger partial charge in [0.05, 0.1) is 0 Å². The minimum absolute atomic E-state index is 0.124. The Balaban J connectivity index is 2.68. The van der Waals surface area contributed by atoms with E-state index >= 15 is 0 Å². The highest BCUT2D eigenvalue weighted by Crippen LogP contribution is 2.60. The number of amides is 1. The minimum Gasteiger partial charge on any atom is -0.444 e. The second-order valence-corrected chi connectivity index (χ2v) is 7.61. The Morgan fingerprint density at radius 1 is 1.37 bits per heavy atom. The SMILES string of the molecule is CC(C)C(NC(=O)OC(C)(C)C)[C@@H]1[C@@H](CN)C1(C)C. The first kappa shape index (κ1) is 16.3. The van der Waals surface area contributed by atoms with Crippen LogP contribution in [-0.4, -0.2) is 24.3 Å². The van der Waals surface area contributed by atoms with Crippen molar-refractivity contribution >= 4 is 6.09 Å². The summed E-state index contributed by atoms with van der Waals surface area (Å²) < 4.78 is 5.35. The second-order valence-electron chi connectivity index (χ2n) is 7.61. The number of ether oxygens (including phenoxy) is 1. The Morgan fingerprint density at radius 3 is 2.21 bits per heavy atom. The van der Waals surface area contributed by atoms with Gasteiger partial charge >= 0.3 is 6.09 Å². The number of carbonyl (C=O) groups excluding carboxylic acids is 1. The lowest BCUT2D eigenvalue weighted by Gasteiger charge is -2.27. The largest absolute Gasteiger partial charge is 0.444 e. The quantitative estimate of drug-likeness (QED) is 0.825. The van der Waals surface area contributed by atoms with Gasteiger partial charge in [-0.15, -0.1) is 0 Å². The number of nitrogens with one attached hydrogen (secondary N) is 1. The van der Waals surface area contributed by atoms with Gasteiger partial charge in [-0.1, -0.05) is 27.7 Å². The highest BCUT2D eigenvalue weighted by molar-refractivity contribution is 5.68. The molecule has 112 valence electrons. The standard InChI is InChI=1S/C15H30N2O2/c1-9(2)12(11-10(8-16)15(11,6)7)17-13(18)19-14(3,4)5/h9-12H,8,16H2,1-7H3,(H,17,18)/t10-,11+,12?/m1/s1. The maximum Gasteiger partial charge on any atom is 0.407 e. The predicted molar refractivity (Wildman–Crippen MR) is 77.8 cm³/mol. The summed E-state index contributed by atoms with van der Waals surface area (Å²) in [5.74, 6) is 1.29. The van der Waals surface area contributed by atoms with E-state index in [4.69, 9.17) is 10.5 Å². The van der Waals surface area contributed by atoms with Crippen LogP contribution in [0.5, 0.6) is 0 Å². The van der Waals surface area contributed by atoms with Gasteiger partial charge in [0.25, 0.3) is 0 Å². The average Bonchev–Trinajstić information content (AvgIpc) is 2.73. The van der Waals surface area contributed by atoms with E-state index in [1.807, 2.05) is 20.8 Å². The van der Waals surface area contributed by atoms with Crippen molar-refractivity contribution in [2.24, 2.45) is 28.9 Å². The molecule has 1 rings (SSSR count). The maximum absolute atomic E-state index is 11.9. The molecule has 1 aliphatic rings. The smallest absolute Gasteiger partial charge is 0.407 e. The molecule has 0 aliphatic heterocycles. The average molecular weight is 270 g/mol. The molecule has 0 bridgehead atoms. The Hall–Kier alpha value is -0.770. The molecular formula is C15H30N2O2. The van der Waals surface area contributed by atoms with Crippen LogP contribution in [0.25, 0.3) is 0 Å². The van der Waals surface area contributed by atoms with Crippen molar-refractivity contribution in [2.75, 3.05) is 6.54 Å². The first-order valence-electron chi connectivity index (χ1n) is 7.20. The van der Waals surface area contributed by atoms with E-state index in [0.29, 0.717) is 24.3 Å². The van der Waals surface area contributed by atoms with Crippen LogP contribution in [-0.2, 0) is 4.74 Å². The Labute approximate surface area is 117 Å². The number of nitrogens with two attached hydrogens (primary N) is 1. The third-order valence-corrected chi connectivity index (χ3v) is 4.18. The van der Waals surface area contributed by atoms with Gasteiger partial charge < -0.3 is 15.8 Å². The normalized spacial score (nSPS) is 27.0. The fourth-order valence-corrected chi connectivity index (χ4v) is 3.06. The Kier molecular flexibility index (Phi) is 4.55. The summed E-state index contributed by atoms with van der Waals surface area (Å²) in [5.41, 5.74) is 5.57. The monoisotopic (exact) mass is 270 g/mol. The van der Waals surface area contributed by atoms with Crippen LogP contribution in [0.4, 0.5) is 4.79 Å². The van der Waals surface area contributed by atoms with E-state index in [1.165, 1.54) is 0 Å². The molecule has 19 heavy (non-hydrogen) atoms. The molecule has 0 aromatic rings. The van der Waals surface area contributed by atoms with Crippen molar-refractivity contribution < 1.29 is 9.53 Å². The maximum atomic E-state index is 11.9. The summed E-state index contributed by atoms with van der Waals surface area (Å²) in [5, 5.41) is 3.04. The van der Waals surface area contributed by atoms with E-state index in [0.717, 1.165) is 0 Å². The van der Waals surface area contributed by atoms with E-state index in [2.05, 4.69) is 33.0 Å². The zero-order valence-corrected chi connectivity index (χ0v) is 13.4. The first-order valence-corrected chi connectivity index (χ1v) is 7.20. The minimum atomic E-state index is -0.460. The molecular weight excluding hydrogens is 240 g/mol. The molecule has 1 saturated carbocycles. The van der Waals surface area contributed by atoms with Crippen LogP contribution in [0.2, 0.25) is 0 Å². The zero-order chi connectivity index (χ0) is 15.0. The van der Waals surface area contributed by atoms with Gasteiger partial charge in [-0.2, -0.15) is 0 Å². The van der Waals surface area contributed by atoms with Gasteiger partial charge in [0.2, 0.25) is 0 Å². The van der Waals surface area contributed by atoms with Gasteiger partial charge in [0.1, 0.15) is 5.60 Å². The Morgan fingerprint density at radius 2 is 1.89 bits per heavy atom. The fraction of sp³-hybridized carbons (Fsp3) is 0.933. The van der Waals surface area contributed by atoms with Gasteiger partial charge in [-0.25, -0.2) is 4.79 Å². The first-order chi connectivity index (χ1) is 8.50. The fourth-order valence-electron chi connectivity index (χ4n) is 3.06. The molecule has 1 amide bonds. The highest BCUT2D eigenvalue weighted by Gasteiger charge is 2.60. The molecule has 4 heteroatoms. The molecule has 0 radical (unpaired) electrons. The molecule has 3 N–H and O–H groups in total. The van der Waals surface area contributed by atoms with Gasteiger partial charge in [0, 0.05) is 6.04 Å². The molecule has 0 aromatic heterocycles. The van der Waals surface area contributed by atoms with E-state index in [1.54, 1.807) is 0 Å². The van der Waals surface area contributed by atoms with Crippen molar-refractivity contribution in [3.63, 3.8) is 0 Å². The van der Waals surface area contributed by atoms with Crippen molar-refractivity contribution in [3.8, 4) is 0 Å². The van der Waals surface area contributed by atoms with Crippen molar-refractivity contribution in [3.05, 3.63) is 0 Å².